The molecule has 2 aromatic carbocycles. The van der Waals surface area contributed by atoms with E-state index < -0.39 is 0 Å². The van der Waals surface area contributed by atoms with Gasteiger partial charge in [-0.1, -0.05) is 31.3 Å². The van der Waals surface area contributed by atoms with Gasteiger partial charge in [0.25, 0.3) is 0 Å². The first-order valence-electron chi connectivity index (χ1n) is 7.90. The van der Waals surface area contributed by atoms with Crippen molar-refractivity contribution in [2.75, 3.05) is 7.11 Å². The molecule has 0 aromatic heterocycles. The quantitative estimate of drug-likeness (QED) is 0.642. The number of aryl methyl sites for hydroxylation is 3. The molecule has 0 radical (unpaired) electrons. The molecule has 0 aliphatic heterocycles. The van der Waals surface area contributed by atoms with Crippen LogP contribution in [0.1, 0.15) is 35.6 Å². The number of methoxy groups -OCH3 is 1. The van der Waals surface area contributed by atoms with Crippen molar-refractivity contribution in [3.05, 3.63) is 58.4 Å². The highest BCUT2D eigenvalue weighted by Crippen LogP contribution is 2.26. The largest absolute Gasteiger partial charge is 0.496 e. The number of benzene rings is 2. The Kier molecular flexibility index (Phi) is 8.41. The molecule has 2 nitrogen and oxygen atoms in total. The Morgan fingerprint density at radius 1 is 1.04 bits per heavy atom. The maximum absolute atomic E-state index is 13.4. The van der Waals surface area contributed by atoms with Crippen LogP contribution in [-0.2, 0) is 6.61 Å². The second-order valence-electron chi connectivity index (χ2n) is 5.49. The van der Waals surface area contributed by atoms with Crippen LogP contribution >= 0.6 is 12.2 Å². The minimum atomic E-state index is -0.205. The van der Waals surface area contributed by atoms with Gasteiger partial charge in [0, 0.05) is 5.56 Å². The Morgan fingerprint density at radius 3 is 2.29 bits per heavy atom. The summed E-state index contributed by atoms with van der Waals surface area (Å²) in [6.45, 7) is 8.02. The normalized spacial score (nSPS) is 9.75. The van der Waals surface area contributed by atoms with Gasteiger partial charge in [-0.05, 0) is 67.4 Å². The summed E-state index contributed by atoms with van der Waals surface area (Å²) in [7, 11) is 1.64. The van der Waals surface area contributed by atoms with Crippen molar-refractivity contribution >= 4 is 17.6 Å². The zero-order valence-corrected chi connectivity index (χ0v) is 15.8. The number of halogens is 1. The van der Waals surface area contributed by atoms with Crippen LogP contribution < -0.4 is 9.47 Å². The smallest absolute Gasteiger partial charge is 0.126 e. The van der Waals surface area contributed by atoms with Gasteiger partial charge in [-0.15, -0.1) is 0 Å². The molecule has 0 aliphatic rings. The van der Waals surface area contributed by atoms with E-state index in [2.05, 4.69) is 12.2 Å². The van der Waals surface area contributed by atoms with Crippen LogP contribution in [0.25, 0.3) is 0 Å². The lowest BCUT2D eigenvalue weighted by atomic mass is 10.1. The molecule has 0 saturated carbocycles. The van der Waals surface area contributed by atoms with Gasteiger partial charge in [-0.25, -0.2) is 4.39 Å². The summed E-state index contributed by atoms with van der Waals surface area (Å²) in [4.78, 5) is 0. The van der Waals surface area contributed by atoms with Gasteiger partial charge >= 0.3 is 0 Å². The first kappa shape index (κ1) is 20.1. The molecule has 2 rings (SSSR count). The molecular weight excluding hydrogens is 323 g/mol. The highest BCUT2D eigenvalue weighted by molar-refractivity contribution is 7.78. The van der Waals surface area contributed by atoms with Gasteiger partial charge in [0.15, 0.2) is 0 Å². The second-order valence-corrected chi connectivity index (χ2v) is 5.82. The minimum absolute atomic E-state index is 0.205. The van der Waals surface area contributed by atoms with Gasteiger partial charge in [0.1, 0.15) is 23.9 Å². The van der Waals surface area contributed by atoms with E-state index in [1.54, 1.807) is 25.5 Å². The molecule has 4 heteroatoms. The highest BCUT2D eigenvalue weighted by atomic mass is 32.1. The number of thiocarbonyl (C=S) groups is 1. The third-order valence-corrected chi connectivity index (χ3v) is 3.92. The first-order valence-corrected chi connectivity index (χ1v) is 8.37. The fourth-order valence-electron chi connectivity index (χ4n) is 2.11. The lowest BCUT2D eigenvalue weighted by Gasteiger charge is -2.14. The van der Waals surface area contributed by atoms with E-state index in [1.807, 2.05) is 39.0 Å². The lowest BCUT2D eigenvalue weighted by Crippen LogP contribution is -2.02. The fourth-order valence-corrected chi connectivity index (χ4v) is 2.11. The van der Waals surface area contributed by atoms with Crippen LogP contribution in [0.2, 0.25) is 0 Å². The van der Waals surface area contributed by atoms with Crippen molar-refractivity contribution in [2.24, 2.45) is 0 Å². The Labute approximate surface area is 149 Å². The van der Waals surface area contributed by atoms with Gasteiger partial charge < -0.3 is 9.47 Å². The zero-order chi connectivity index (χ0) is 18.1. The second kappa shape index (κ2) is 10.0. The third-order valence-electron chi connectivity index (χ3n) is 3.58. The van der Waals surface area contributed by atoms with Crippen molar-refractivity contribution in [1.82, 2.24) is 0 Å². The van der Waals surface area contributed by atoms with Crippen LogP contribution in [0.5, 0.6) is 11.5 Å². The molecular formula is C20H25FO2S. The van der Waals surface area contributed by atoms with Crippen molar-refractivity contribution in [2.45, 2.75) is 40.7 Å². The van der Waals surface area contributed by atoms with Gasteiger partial charge in [0.05, 0.1) is 7.11 Å². The molecule has 0 unspecified atom stereocenters. The van der Waals surface area contributed by atoms with E-state index in [0.29, 0.717) is 17.9 Å². The lowest BCUT2D eigenvalue weighted by molar-refractivity contribution is 0.293. The summed E-state index contributed by atoms with van der Waals surface area (Å²) in [5, 5.41) is 1.71. The Morgan fingerprint density at radius 2 is 1.71 bits per heavy atom. The van der Waals surface area contributed by atoms with Crippen molar-refractivity contribution in [3.63, 3.8) is 0 Å². The monoisotopic (exact) mass is 348 g/mol. The molecule has 24 heavy (non-hydrogen) atoms. The number of ether oxygens (including phenoxy) is 2. The average Bonchev–Trinajstić information content (AvgIpc) is 2.57. The van der Waals surface area contributed by atoms with E-state index in [0.717, 1.165) is 28.9 Å². The van der Waals surface area contributed by atoms with Crippen LogP contribution in [0.3, 0.4) is 0 Å². The summed E-state index contributed by atoms with van der Waals surface area (Å²) < 4.78 is 24.6. The van der Waals surface area contributed by atoms with E-state index >= 15 is 0 Å². The van der Waals surface area contributed by atoms with Crippen molar-refractivity contribution in [1.29, 1.82) is 0 Å². The van der Waals surface area contributed by atoms with E-state index in [9.17, 15) is 4.39 Å². The summed E-state index contributed by atoms with van der Waals surface area (Å²) in [5.74, 6) is 1.30. The molecule has 0 saturated heterocycles. The Bertz CT molecular complexity index is 684. The molecule has 130 valence electrons. The molecule has 0 N–H and O–H groups in total. The van der Waals surface area contributed by atoms with E-state index in [-0.39, 0.29) is 5.82 Å². The third kappa shape index (κ3) is 5.60. The summed E-state index contributed by atoms with van der Waals surface area (Å²) >= 11 is 4.43. The maximum Gasteiger partial charge on any atom is 0.126 e. The van der Waals surface area contributed by atoms with Crippen LogP contribution in [0.4, 0.5) is 4.39 Å². The number of hydrogen-bond acceptors (Lipinski definition) is 3. The summed E-state index contributed by atoms with van der Waals surface area (Å²) in [6.07, 6.45) is 1.01. The van der Waals surface area contributed by atoms with Gasteiger partial charge in [0.2, 0.25) is 0 Å². The van der Waals surface area contributed by atoms with Crippen LogP contribution in [0, 0.1) is 26.6 Å². The zero-order valence-electron chi connectivity index (χ0n) is 15.0. The molecule has 2 aromatic rings. The predicted molar refractivity (Wildman–Crippen MR) is 102 cm³/mol. The standard InChI is InChI=1S/C17H19FO2.C3H6S/c1-11-6-5-7-16(19-4)14(11)10-20-17-9-12(2)15(18)8-13(17)3;1-2-3-4/h5-9H,10H2,1-4H3;3H,2H2,1H3. The van der Waals surface area contributed by atoms with E-state index in [4.69, 9.17) is 9.47 Å². The summed E-state index contributed by atoms with van der Waals surface area (Å²) in [6, 6.07) is 9.11. The molecule has 0 bridgehead atoms. The first-order chi connectivity index (χ1) is 11.4. The van der Waals surface area contributed by atoms with Gasteiger partial charge in [-0.2, -0.15) is 0 Å². The summed E-state index contributed by atoms with van der Waals surface area (Å²) in [5.41, 5.74) is 3.50. The van der Waals surface area contributed by atoms with Crippen molar-refractivity contribution < 1.29 is 13.9 Å². The molecule has 0 atom stereocenters. The SMILES string of the molecule is CCC=S.COc1cccc(C)c1COc1cc(C)c(F)cc1C. The maximum atomic E-state index is 13.4. The van der Waals surface area contributed by atoms with Crippen LogP contribution in [0.15, 0.2) is 30.3 Å². The van der Waals surface area contributed by atoms with Crippen LogP contribution in [-0.4, -0.2) is 12.5 Å². The molecule has 0 amide bonds. The molecule has 0 fully saturated rings. The molecule has 0 heterocycles. The Hall–Kier alpha value is -1.94. The number of rotatable bonds is 5. The molecule has 0 aliphatic carbocycles. The van der Waals surface area contributed by atoms with Crippen molar-refractivity contribution in [3.8, 4) is 11.5 Å². The average molecular weight is 348 g/mol. The predicted octanol–water partition coefficient (Wildman–Crippen LogP) is 5.73. The fraction of sp³-hybridized carbons (Fsp3) is 0.350. The number of hydrogen-bond donors (Lipinski definition) is 0. The molecule has 0 spiro atoms. The Balaban J connectivity index is 0.000000648. The highest BCUT2D eigenvalue weighted by Gasteiger charge is 2.09. The topological polar surface area (TPSA) is 18.5 Å². The van der Waals surface area contributed by atoms with Gasteiger partial charge in [-0.3, -0.25) is 0 Å². The minimum Gasteiger partial charge on any atom is -0.496 e. The van der Waals surface area contributed by atoms with E-state index in [1.165, 1.54) is 6.07 Å².